The van der Waals surface area contributed by atoms with Gasteiger partial charge in [0.05, 0.1) is 43.5 Å². The molecule has 0 aliphatic carbocycles. The number of Topliss-reactive ketones (excluding diaryl/α,β-unsaturated/α-hetero) is 1. The normalized spacial score (nSPS) is 19.2. The summed E-state index contributed by atoms with van der Waals surface area (Å²) in [7, 11) is -4.74. The first kappa shape index (κ1) is 117. The number of halogens is 12. The first-order valence-corrected chi connectivity index (χ1v) is 51.8. The number of rotatable bonds is 18. The number of aliphatic hydroxyl groups excluding tert-OH is 3. The van der Waals surface area contributed by atoms with Crippen molar-refractivity contribution in [3.8, 4) is 0 Å². The van der Waals surface area contributed by atoms with E-state index < -0.39 is 180 Å². The Kier molecular flexibility index (Phi) is 45.7. The van der Waals surface area contributed by atoms with Crippen molar-refractivity contribution in [2.45, 2.75) is 284 Å². The molecule has 25 nitrogen and oxygen atoms in total. The Labute approximate surface area is 773 Å². The average molecular weight is 1950 g/mol. The van der Waals surface area contributed by atoms with Crippen molar-refractivity contribution in [1.82, 2.24) is 25.8 Å². The van der Waals surface area contributed by atoms with Gasteiger partial charge < -0.3 is 84.2 Å². The molecule has 6 aromatic carbocycles. The van der Waals surface area contributed by atoms with Crippen LogP contribution in [0.15, 0.2) is 114 Å². The molecule has 5 aliphatic rings. The number of benzene rings is 6. The van der Waals surface area contributed by atoms with Crippen molar-refractivity contribution in [2.75, 3.05) is 33.3 Å². The number of ether oxygens (including phenoxy) is 4. The topological polar surface area (TPSA) is 346 Å². The second-order valence-corrected chi connectivity index (χ2v) is 51.0. The molecule has 0 saturated carbocycles. The number of hydrogen-bond acceptors (Lipinski definition) is 20. The summed E-state index contributed by atoms with van der Waals surface area (Å²) in [5, 5.41) is 46.4. The predicted octanol–water partition coefficient (Wildman–Crippen LogP) is 19.4. The number of nitrogens with zero attached hydrogens (tertiary/aromatic N) is 3. The Morgan fingerprint density at radius 1 is 0.436 bits per heavy atom. The lowest BCUT2D eigenvalue weighted by molar-refractivity contribution is -0.149. The summed E-state index contributed by atoms with van der Waals surface area (Å²) in [5.74, 6) is -11.6. The van der Waals surface area contributed by atoms with Gasteiger partial charge in [-0.05, 0) is 238 Å². The fourth-order valence-electron chi connectivity index (χ4n) is 12.2. The van der Waals surface area contributed by atoms with Crippen LogP contribution in [0.2, 0.25) is 54.4 Å². The SMILES string of the molecule is COC(=O)[C@H](C)O.C[C@H](O)C(=O)N1CCCC1.C[C@H](O)C(N)c1ccc(F)c(F)c1.C[C@H](O[Si](C)(C)C(C)(C)C)/C(=N\O)c1ccc(F)c(F)c1.C[C@H](O[Si](C)(C)C(C)(C)C)C(=O)N1CCCC1.C[C@H](O[Si](C)(C)C(C)(C)C)C(=O)c1ccc(F)c(F)c1.C[C@H]1OC(=O)NC1c1ccc(F)cc1F.C[C@H]1OC(=O)N[C@@H]1c1ccc(F)c(F)c1.C[C@H]1OC(=O)N[C@H]1c1ccc(F)c(F)c1. The molecular formula is C93H131F12N7O18Si3. The van der Waals surface area contributed by atoms with E-state index in [1.54, 1.807) is 39.5 Å². The van der Waals surface area contributed by atoms with Gasteiger partial charge in [-0.2, -0.15) is 0 Å². The maximum absolute atomic E-state index is 13.4. The number of nitrogens with one attached hydrogen (secondary N) is 3. The number of likely N-dealkylation sites (tertiary alicyclic amines) is 2. The van der Waals surface area contributed by atoms with Crippen molar-refractivity contribution < 1.29 is 139 Å². The first-order valence-electron chi connectivity index (χ1n) is 43.1. The molecule has 5 amide bonds. The molecule has 13 atom stereocenters. The lowest BCUT2D eigenvalue weighted by Gasteiger charge is -2.38. The van der Waals surface area contributed by atoms with E-state index in [0.29, 0.717) is 22.3 Å². The first-order chi connectivity index (χ1) is 61.2. The molecule has 5 aliphatic heterocycles. The monoisotopic (exact) mass is 1950 g/mol. The van der Waals surface area contributed by atoms with Crippen LogP contribution in [0, 0.1) is 69.8 Å². The highest BCUT2D eigenvalue weighted by Crippen LogP contribution is 2.41. The van der Waals surface area contributed by atoms with Crippen LogP contribution in [0.25, 0.3) is 0 Å². The third kappa shape index (κ3) is 36.4. The van der Waals surface area contributed by atoms with Crippen molar-refractivity contribution in [3.63, 3.8) is 0 Å². The molecule has 9 N–H and O–H groups in total. The fourth-order valence-corrected chi connectivity index (χ4v) is 16.3. The Bertz CT molecular complexity index is 4800. The number of nitrogens with two attached hydrogens (primary N) is 1. The molecule has 742 valence electrons. The van der Waals surface area contributed by atoms with Gasteiger partial charge in [-0.3, -0.25) is 14.4 Å². The molecule has 0 aromatic heterocycles. The number of amides is 5. The minimum atomic E-state index is -2.08. The third-order valence-corrected chi connectivity index (χ3v) is 36.7. The van der Waals surface area contributed by atoms with Crippen LogP contribution in [0.1, 0.15) is 213 Å². The van der Waals surface area contributed by atoms with Crippen LogP contribution in [0.5, 0.6) is 0 Å². The number of carbonyl (C=O) groups is 7. The van der Waals surface area contributed by atoms with Gasteiger partial charge in [-0.15, -0.1) is 0 Å². The van der Waals surface area contributed by atoms with E-state index in [-0.39, 0.29) is 67.9 Å². The zero-order chi connectivity index (χ0) is 102. The van der Waals surface area contributed by atoms with Gasteiger partial charge in [0.2, 0.25) is 5.91 Å². The van der Waals surface area contributed by atoms with Gasteiger partial charge in [0.15, 0.2) is 88.9 Å². The van der Waals surface area contributed by atoms with E-state index in [9.17, 15) is 91.5 Å². The molecule has 5 fully saturated rings. The van der Waals surface area contributed by atoms with E-state index in [4.69, 9.17) is 48.5 Å². The number of carbonyl (C=O) groups excluding carboxylic acids is 7. The van der Waals surface area contributed by atoms with Crippen molar-refractivity contribution in [2.24, 2.45) is 10.9 Å². The molecule has 2 unspecified atom stereocenters. The summed E-state index contributed by atoms with van der Waals surface area (Å²) >= 11 is 0. The van der Waals surface area contributed by atoms with E-state index in [0.717, 1.165) is 125 Å². The standard InChI is InChI=1S/C15H23F2NO2Si.C15H22F2O2Si.C13H27NO2Si.3C10H9F2NO2.C9H11F2NO.C7H13NO2.C4H8O3/c1-10(20-21(5,6)15(2,3)4)14(18-19)11-7-8-12(16)13(17)9-11;1-10(19-20(5,6)15(2,3)4)14(18)11-7-8-12(16)13(17)9-11;1-11(12(15)14-9-7-8-10-14)16-17(5,6)13(2,3)4;1-5-9(13-10(14)15-5)7-3-2-6(11)4-8(7)12;2*1-5-9(13-10(14)15-5)6-2-3-7(11)8(12)4-6;1-5(13)9(12)6-2-3-7(10)8(11)4-6;1-6(9)7(10)8-4-2-3-5-8;1-3(5)4(6)7-2/h7-10,19H,1-6H3;7-10H,1-6H3;11H,7-10H2,1-6H3;3*2-5,9H,1H3,(H,13,14);2-5,9,13H,12H2,1H3;6,9H,2-5H2,1H3;3,5H,1-2H3/b18-14+;;;;;;;;/t2*10-;11-;5-,9?;5-,9+;5-,9-;5-,9?;6-;3-/m000111000/s1. The second kappa shape index (κ2) is 51.8. The molecule has 6 aromatic rings. The van der Waals surface area contributed by atoms with Crippen LogP contribution < -0.4 is 21.7 Å². The predicted molar refractivity (Wildman–Crippen MR) is 485 cm³/mol. The molecule has 11 rings (SSSR count). The maximum Gasteiger partial charge on any atom is 0.408 e. The zero-order valence-corrected chi connectivity index (χ0v) is 83.0. The Balaban J connectivity index is 0.000000390. The lowest BCUT2D eigenvalue weighted by atomic mass is 10.0. The average Bonchev–Trinajstić information content (AvgIpc) is 1.53. The summed E-state index contributed by atoms with van der Waals surface area (Å²) in [4.78, 5) is 81.8. The molecular weight excluding hydrogens is 1820 g/mol. The highest BCUT2D eigenvalue weighted by atomic mass is 28.4. The van der Waals surface area contributed by atoms with Crippen molar-refractivity contribution in [1.29, 1.82) is 0 Å². The third-order valence-electron chi connectivity index (χ3n) is 23.1. The maximum atomic E-state index is 13.4. The lowest BCUT2D eigenvalue weighted by Crippen LogP contribution is -2.48. The number of hydrogen-bond donors (Lipinski definition) is 8. The number of aliphatic hydroxyl groups is 3. The Morgan fingerprint density at radius 3 is 1.09 bits per heavy atom. The molecule has 0 bridgehead atoms. The molecule has 5 saturated heterocycles. The summed E-state index contributed by atoms with van der Waals surface area (Å²) in [6, 6.07) is 18.1. The van der Waals surface area contributed by atoms with Gasteiger partial charge in [-0.25, -0.2) is 71.9 Å². The minimum absolute atomic E-state index is 0.00410. The summed E-state index contributed by atoms with van der Waals surface area (Å²) in [5.41, 5.74) is 7.75. The van der Waals surface area contributed by atoms with Crippen LogP contribution in [-0.2, 0) is 46.6 Å². The van der Waals surface area contributed by atoms with E-state index in [1.807, 2.05) is 24.9 Å². The molecule has 5 heterocycles. The van der Waals surface area contributed by atoms with Crippen molar-refractivity contribution >= 4 is 72.5 Å². The molecule has 0 spiro atoms. The number of methoxy groups -OCH3 is 1. The number of ketones is 1. The zero-order valence-electron chi connectivity index (χ0n) is 80.0. The van der Waals surface area contributed by atoms with Crippen LogP contribution >= 0.6 is 0 Å². The van der Waals surface area contributed by atoms with Gasteiger partial charge >= 0.3 is 24.2 Å². The molecule has 133 heavy (non-hydrogen) atoms. The van der Waals surface area contributed by atoms with E-state index in [2.05, 4.69) is 114 Å². The molecule has 40 heteroatoms. The van der Waals surface area contributed by atoms with Crippen LogP contribution in [0.4, 0.5) is 67.1 Å². The summed E-state index contributed by atoms with van der Waals surface area (Å²) < 4.78 is 192. The summed E-state index contributed by atoms with van der Waals surface area (Å²) in [6.45, 7) is 49.9. The highest BCUT2D eigenvalue weighted by Gasteiger charge is 2.44. The van der Waals surface area contributed by atoms with E-state index in [1.165, 1.54) is 64.3 Å². The molecule has 0 radical (unpaired) electrons. The minimum Gasteiger partial charge on any atom is -0.467 e. The van der Waals surface area contributed by atoms with Gasteiger partial charge in [0, 0.05) is 48.9 Å². The smallest absolute Gasteiger partial charge is 0.408 e. The van der Waals surface area contributed by atoms with Crippen LogP contribution in [0.3, 0.4) is 0 Å². The largest absolute Gasteiger partial charge is 0.467 e. The van der Waals surface area contributed by atoms with Gasteiger partial charge in [-0.1, -0.05) is 91.7 Å². The number of cyclic esters (lactones) is 3. The quantitative estimate of drug-likeness (QED) is 0.00579. The summed E-state index contributed by atoms with van der Waals surface area (Å²) in [6.07, 6.45) is -2.54. The number of esters is 1. The second-order valence-electron chi connectivity index (χ2n) is 36.8. The van der Waals surface area contributed by atoms with Gasteiger partial charge in [0.25, 0.3) is 5.91 Å². The highest BCUT2D eigenvalue weighted by molar-refractivity contribution is 6.75. The fraction of sp³-hybridized carbons (Fsp3) is 0.527. The Hall–Kier alpha value is -9.79. The van der Waals surface area contributed by atoms with Crippen molar-refractivity contribution in [3.05, 3.63) is 212 Å². The van der Waals surface area contributed by atoms with Crippen LogP contribution in [-0.4, -0.2) is 191 Å². The number of alkyl carbamates (subject to hydrolysis) is 3. The van der Waals surface area contributed by atoms with E-state index >= 15 is 0 Å². The Morgan fingerprint density at radius 2 is 0.774 bits per heavy atom. The number of oxime groups is 1. The van der Waals surface area contributed by atoms with Gasteiger partial charge in [0.1, 0.15) is 60.1 Å².